The lowest BCUT2D eigenvalue weighted by Gasteiger charge is -2.14. The zero-order valence-corrected chi connectivity index (χ0v) is 11.3. The zero-order valence-electron chi connectivity index (χ0n) is 11.3. The Hall–Kier alpha value is -2.60. The number of aliphatic hydroxyl groups excluding tert-OH is 1. The van der Waals surface area contributed by atoms with Gasteiger partial charge in [0.1, 0.15) is 18.5 Å². The van der Waals surface area contributed by atoms with Crippen LogP contribution in [0.2, 0.25) is 0 Å². The lowest BCUT2D eigenvalue weighted by atomic mass is 10.2. The van der Waals surface area contributed by atoms with E-state index in [1.807, 2.05) is 30.3 Å². The molecule has 0 heterocycles. The molecule has 0 fully saturated rings. The van der Waals surface area contributed by atoms with E-state index in [2.05, 4.69) is 5.32 Å². The minimum atomic E-state index is -0.680. The van der Waals surface area contributed by atoms with Gasteiger partial charge in [-0.1, -0.05) is 18.2 Å². The largest absolute Gasteiger partial charge is 0.491 e. The Morgan fingerprint density at radius 2 is 1.81 bits per heavy atom. The second kappa shape index (κ2) is 7.25. The molecule has 0 aliphatic carbocycles. The van der Waals surface area contributed by atoms with E-state index in [-0.39, 0.29) is 12.3 Å². The predicted octanol–water partition coefficient (Wildman–Crippen LogP) is 2.45. The number of anilines is 1. The normalized spacial score (nSPS) is 11.7. The first kappa shape index (κ1) is 14.8. The van der Waals surface area contributed by atoms with Gasteiger partial charge in [-0.05, 0) is 24.3 Å². The maximum Gasteiger partial charge on any atom is 0.269 e. The van der Waals surface area contributed by atoms with Crippen molar-refractivity contribution in [2.24, 2.45) is 0 Å². The van der Waals surface area contributed by atoms with E-state index in [1.54, 1.807) is 12.1 Å². The number of nitrogens with zero attached hydrogens (tertiary/aromatic N) is 1. The molecule has 2 N–H and O–H groups in total. The van der Waals surface area contributed by atoms with Crippen LogP contribution in [0, 0.1) is 10.1 Å². The Labute approximate surface area is 122 Å². The fourth-order valence-corrected chi connectivity index (χ4v) is 1.70. The summed E-state index contributed by atoms with van der Waals surface area (Å²) in [5.74, 6) is 0.701. The summed E-state index contributed by atoms with van der Waals surface area (Å²) in [5, 5.41) is 23.3. The second-order valence-corrected chi connectivity index (χ2v) is 4.46. The predicted molar refractivity (Wildman–Crippen MR) is 79.5 cm³/mol. The number of aliphatic hydroxyl groups is 1. The first-order valence-electron chi connectivity index (χ1n) is 6.49. The van der Waals surface area contributed by atoms with E-state index in [4.69, 9.17) is 4.74 Å². The zero-order chi connectivity index (χ0) is 15.1. The number of nitrogens with one attached hydrogen (secondary N) is 1. The summed E-state index contributed by atoms with van der Waals surface area (Å²) in [4.78, 5) is 10.1. The average molecular weight is 288 g/mol. The summed E-state index contributed by atoms with van der Waals surface area (Å²) in [6.45, 7) is 0.467. The van der Waals surface area contributed by atoms with Gasteiger partial charge in [-0.25, -0.2) is 0 Å². The fraction of sp³-hybridized carbons (Fsp3) is 0.200. The van der Waals surface area contributed by atoms with Gasteiger partial charge in [0.15, 0.2) is 0 Å². The van der Waals surface area contributed by atoms with Crippen LogP contribution in [0.4, 0.5) is 11.4 Å². The highest BCUT2D eigenvalue weighted by Gasteiger charge is 2.07. The molecule has 0 aliphatic heterocycles. The number of para-hydroxylation sites is 1. The van der Waals surface area contributed by atoms with Crippen molar-refractivity contribution in [3.8, 4) is 5.75 Å². The van der Waals surface area contributed by atoms with Crippen molar-refractivity contribution in [2.75, 3.05) is 18.5 Å². The Kier molecular flexibility index (Phi) is 5.11. The first-order chi connectivity index (χ1) is 10.1. The molecule has 0 saturated carbocycles. The molecule has 0 aliphatic rings. The molecule has 2 rings (SSSR count). The molecule has 2 aromatic rings. The number of nitro groups is 1. The number of rotatable bonds is 7. The van der Waals surface area contributed by atoms with Crippen LogP contribution >= 0.6 is 0 Å². The monoisotopic (exact) mass is 288 g/mol. The van der Waals surface area contributed by atoms with Gasteiger partial charge in [-0.15, -0.1) is 0 Å². The highest BCUT2D eigenvalue weighted by molar-refractivity contribution is 5.48. The average Bonchev–Trinajstić information content (AvgIpc) is 2.52. The molecule has 0 bridgehead atoms. The smallest absolute Gasteiger partial charge is 0.269 e. The van der Waals surface area contributed by atoms with E-state index in [0.29, 0.717) is 18.0 Å². The van der Waals surface area contributed by atoms with Gasteiger partial charge < -0.3 is 15.2 Å². The quantitative estimate of drug-likeness (QED) is 0.604. The molecule has 1 atom stereocenters. The lowest BCUT2D eigenvalue weighted by Crippen LogP contribution is -2.26. The van der Waals surface area contributed by atoms with E-state index in [9.17, 15) is 15.2 Å². The van der Waals surface area contributed by atoms with Crippen LogP contribution in [0.15, 0.2) is 54.6 Å². The van der Waals surface area contributed by atoms with Crippen LogP contribution in [0.3, 0.4) is 0 Å². The second-order valence-electron chi connectivity index (χ2n) is 4.46. The number of nitro benzene ring substituents is 1. The molecular formula is C15H16N2O4. The Morgan fingerprint density at radius 1 is 1.14 bits per heavy atom. The van der Waals surface area contributed by atoms with Crippen molar-refractivity contribution in [3.05, 3.63) is 64.7 Å². The maximum absolute atomic E-state index is 10.5. The number of non-ortho nitro benzene ring substituents is 1. The SMILES string of the molecule is O=[N+]([O-])c1ccc(NCC(O)COc2ccccc2)cc1. The van der Waals surface area contributed by atoms with E-state index < -0.39 is 11.0 Å². The maximum atomic E-state index is 10.5. The number of ether oxygens (including phenoxy) is 1. The molecule has 21 heavy (non-hydrogen) atoms. The molecule has 1 unspecified atom stereocenters. The van der Waals surface area contributed by atoms with Gasteiger partial charge in [0.2, 0.25) is 0 Å². The van der Waals surface area contributed by atoms with Gasteiger partial charge in [-0.2, -0.15) is 0 Å². The highest BCUT2D eigenvalue weighted by atomic mass is 16.6. The van der Waals surface area contributed by atoms with Gasteiger partial charge in [0, 0.05) is 24.4 Å². The molecule has 2 aromatic carbocycles. The fourth-order valence-electron chi connectivity index (χ4n) is 1.70. The molecular weight excluding hydrogens is 272 g/mol. The van der Waals surface area contributed by atoms with Crippen molar-refractivity contribution >= 4 is 11.4 Å². The van der Waals surface area contributed by atoms with Crippen LogP contribution in [0.5, 0.6) is 5.75 Å². The van der Waals surface area contributed by atoms with Crippen molar-refractivity contribution in [2.45, 2.75) is 6.10 Å². The van der Waals surface area contributed by atoms with Gasteiger partial charge in [0.05, 0.1) is 4.92 Å². The molecule has 6 nitrogen and oxygen atoms in total. The molecule has 0 amide bonds. The topological polar surface area (TPSA) is 84.6 Å². The Balaban J connectivity index is 1.75. The molecule has 110 valence electrons. The third-order valence-electron chi connectivity index (χ3n) is 2.81. The van der Waals surface area contributed by atoms with E-state index in [1.165, 1.54) is 12.1 Å². The lowest BCUT2D eigenvalue weighted by molar-refractivity contribution is -0.384. The summed E-state index contributed by atoms with van der Waals surface area (Å²) in [5.41, 5.74) is 0.743. The highest BCUT2D eigenvalue weighted by Crippen LogP contribution is 2.15. The first-order valence-corrected chi connectivity index (χ1v) is 6.49. The number of benzene rings is 2. The van der Waals surface area contributed by atoms with Crippen molar-refractivity contribution in [3.63, 3.8) is 0 Å². The molecule has 0 aromatic heterocycles. The molecule has 0 spiro atoms. The van der Waals surface area contributed by atoms with Crippen LogP contribution < -0.4 is 10.1 Å². The molecule has 0 radical (unpaired) electrons. The van der Waals surface area contributed by atoms with Crippen LogP contribution in [0.25, 0.3) is 0 Å². The molecule has 6 heteroatoms. The van der Waals surface area contributed by atoms with Crippen LogP contribution in [0.1, 0.15) is 0 Å². The number of hydrogen-bond acceptors (Lipinski definition) is 5. The Morgan fingerprint density at radius 3 is 2.43 bits per heavy atom. The van der Waals surface area contributed by atoms with Crippen LogP contribution in [-0.4, -0.2) is 29.3 Å². The summed E-state index contributed by atoms with van der Waals surface area (Å²) >= 11 is 0. The minimum Gasteiger partial charge on any atom is -0.491 e. The van der Waals surface area contributed by atoms with Gasteiger partial charge in [-0.3, -0.25) is 10.1 Å². The third kappa shape index (κ3) is 4.77. The standard InChI is InChI=1S/C15H16N2O4/c18-14(11-21-15-4-2-1-3-5-15)10-16-12-6-8-13(9-7-12)17(19)20/h1-9,14,16,18H,10-11H2. The van der Waals surface area contributed by atoms with Crippen molar-refractivity contribution < 1.29 is 14.8 Å². The molecule has 0 saturated heterocycles. The number of hydrogen-bond donors (Lipinski definition) is 2. The van der Waals surface area contributed by atoms with Crippen LogP contribution in [-0.2, 0) is 0 Å². The minimum absolute atomic E-state index is 0.0357. The van der Waals surface area contributed by atoms with Crippen molar-refractivity contribution in [1.82, 2.24) is 0 Å². The third-order valence-corrected chi connectivity index (χ3v) is 2.81. The Bertz CT molecular complexity index is 572. The summed E-state index contributed by atoms with van der Waals surface area (Å²) in [7, 11) is 0. The van der Waals surface area contributed by atoms with Gasteiger partial charge >= 0.3 is 0 Å². The summed E-state index contributed by atoms with van der Waals surface area (Å²) in [6, 6.07) is 15.3. The summed E-state index contributed by atoms with van der Waals surface area (Å²) < 4.78 is 5.43. The summed E-state index contributed by atoms with van der Waals surface area (Å²) in [6.07, 6.45) is -0.680. The van der Waals surface area contributed by atoms with Gasteiger partial charge in [0.25, 0.3) is 5.69 Å². The van der Waals surface area contributed by atoms with E-state index in [0.717, 1.165) is 0 Å². The van der Waals surface area contributed by atoms with E-state index >= 15 is 0 Å². The van der Waals surface area contributed by atoms with Crippen molar-refractivity contribution in [1.29, 1.82) is 0 Å².